The zero-order valence-electron chi connectivity index (χ0n) is 13.8. The van der Waals surface area contributed by atoms with E-state index in [0.29, 0.717) is 30.4 Å². The van der Waals surface area contributed by atoms with Gasteiger partial charge in [0.1, 0.15) is 12.1 Å². The number of nitriles is 1. The summed E-state index contributed by atoms with van der Waals surface area (Å²) in [6.07, 6.45) is 6.14. The number of aliphatic hydroxyl groups is 1. The summed E-state index contributed by atoms with van der Waals surface area (Å²) >= 11 is 0. The first-order valence-electron chi connectivity index (χ1n) is 7.55. The molecule has 0 aliphatic rings. The van der Waals surface area contributed by atoms with Crippen LogP contribution in [0.2, 0.25) is 0 Å². The lowest BCUT2D eigenvalue weighted by molar-refractivity contribution is -0.105. The minimum atomic E-state index is -0.466. The van der Waals surface area contributed by atoms with Crippen LogP contribution in [0.3, 0.4) is 0 Å². The predicted molar refractivity (Wildman–Crippen MR) is 96.4 cm³/mol. The molecule has 1 aromatic carbocycles. The topological polar surface area (TPSA) is 73.5 Å². The van der Waals surface area contributed by atoms with Crippen LogP contribution in [0.1, 0.15) is 12.0 Å². The number of halogens is 1. The SMILES string of the molecule is C=C/C(C(=C)N=CCCc1ccc(F)cc1)=C(C#N)/C=C(/C=O)CO. The van der Waals surface area contributed by atoms with Gasteiger partial charge in [-0.3, -0.25) is 9.79 Å². The highest BCUT2D eigenvalue weighted by Crippen LogP contribution is 2.17. The van der Waals surface area contributed by atoms with Crippen molar-refractivity contribution in [2.45, 2.75) is 12.8 Å². The van der Waals surface area contributed by atoms with Crippen molar-refractivity contribution in [1.82, 2.24) is 0 Å². The Balaban J connectivity index is 2.83. The second kappa shape index (κ2) is 10.6. The molecule has 0 saturated heterocycles. The smallest absolute Gasteiger partial charge is 0.148 e. The maximum absolute atomic E-state index is 12.8. The van der Waals surface area contributed by atoms with Gasteiger partial charge in [-0.2, -0.15) is 5.26 Å². The van der Waals surface area contributed by atoms with Gasteiger partial charge in [0.15, 0.2) is 0 Å². The Kier molecular flexibility index (Phi) is 8.48. The summed E-state index contributed by atoms with van der Waals surface area (Å²) < 4.78 is 12.8. The molecular formula is C20H19FN2O2. The summed E-state index contributed by atoms with van der Waals surface area (Å²) in [5.41, 5.74) is 1.91. The molecule has 0 radical (unpaired) electrons. The number of aliphatic hydroxyl groups excluding tert-OH is 1. The first-order valence-corrected chi connectivity index (χ1v) is 7.55. The summed E-state index contributed by atoms with van der Waals surface area (Å²) in [6, 6.07) is 8.17. The van der Waals surface area contributed by atoms with Gasteiger partial charge in [-0.05, 0) is 36.6 Å². The van der Waals surface area contributed by atoms with E-state index in [4.69, 9.17) is 5.11 Å². The van der Waals surface area contributed by atoms with E-state index in [1.54, 1.807) is 18.3 Å². The Labute approximate surface area is 146 Å². The molecule has 0 amide bonds. The zero-order chi connectivity index (χ0) is 18.7. The standard InChI is InChI=1S/C20H19FN2O2/c1-3-20(18(12-22)11-17(13-24)14-25)15(2)23-10-4-5-16-6-8-19(21)9-7-16/h3,6-11,13,25H,1-2,4-5,14H2/b17-11-,20-18+,23-10?. The average molecular weight is 338 g/mol. The molecule has 5 heteroatoms. The largest absolute Gasteiger partial charge is 0.392 e. The van der Waals surface area contributed by atoms with Crippen LogP contribution >= 0.6 is 0 Å². The van der Waals surface area contributed by atoms with Crippen LogP contribution in [-0.4, -0.2) is 24.2 Å². The molecule has 0 aliphatic carbocycles. The molecular weight excluding hydrogens is 319 g/mol. The van der Waals surface area contributed by atoms with Gasteiger partial charge < -0.3 is 5.11 Å². The normalized spacial score (nSPS) is 12.4. The van der Waals surface area contributed by atoms with Crippen LogP contribution < -0.4 is 0 Å². The van der Waals surface area contributed by atoms with Gasteiger partial charge in [0.05, 0.1) is 23.9 Å². The van der Waals surface area contributed by atoms with E-state index < -0.39 is 6.61 Å². The maximum atomic E-state index is 12.8. The van der Waals surface area contributed by atoms with Crippen molar-refractivity contribution < 1.29 is 14.3 Å². The molecule has 0 unspecified atom stereocenters. The second-order valence-electron chi connectivity index (χ2n) is 5.06. The molecule has 1 aromatic rings. The predicted octanol–water partition coefficient (Wildman–Crippen LogP) is 3.47. The number of aldehydes is 1. The molecule has 0 aliphatic heterocycles. The summed E-state index contributed by atoms with van der Waals surface area (Å²) in [7, 11) is 0. The monoisotopic (exact) mass is 338 g/mol. The number of hydrogen-bond acceptors (Lipinski definition) is 4. The third-order valence-corrected chi connectivity index (χ3v) is 3.31. The molecule has 128 valence electrons. The van der Waals surface area contributed by atoms with E-state index >= 15 is 0 Å². The van der Waals surface area contributed by atoms with Crippen molar-refractivity contribution in [1.29, 1.82) is 5.26 Å². The van der Waals surface area contributed by atoms with Gasteiger partial charge in [-0.1, -0.05) is 31.4 Å². The van der Waals surface area contributed by atoms with Crippen molar-refractivity contribution in [3.8, 4) is 6.07 Å². The first kappa shape index (κ1) is 19.9. The molecule has 1 rings (SSSR count). The summed E-state index contributed by atoms with van der Waals surface area (Å²) in [5, 5.41) is 18.3. The van der Waals surface area contributed by atoms with Gasteiger partial charge in [0.25, 0.3) is 0 Å². The molecule has 0 fully saturated rings. The second-order valence-corrected chi connectivity index (χ2v) is 5.06. The zero-order valence-corrected chi connectivity index (χ0v) is 13.8. The number of nitrogens with zero attached hydrogens (tertiary/aromatic N) is 2. The van der Waals surface area contributed by atoms with E-state index in [1.165, 1.54) is 24.3 Å². The molecule has 0 aromatic heterocycles. The highest BCUT2D eigenvalue weighted by Gasteiger charge is 2.06. The minimum Gasteiger partial charge on any atom is -0.392 e. The van der Waals surface area contributed by atoms with Crippen molar-refractivity contribution in [2.75, 3.05) is 6.61 Å². The fraction of sp³-hybridized carbons (Fsp3) is 0.150. The quantitative estimate of drug-likeness (QED) is 0.246. The van der Waals surface area contributed by atoms with Crippen LogP contribution in [0.4, 0.5) is 4.39 Å². The lowest BCUT2D eigenvalue weighted by Gasteiger charge is -2.04. The third kappa shape index (κ3) is 6.50. The number of benzene rings is 1. The molecule has 0 bridgehead atoms. The number of carbonyl (C=O) groups excluding carboxylic acids is 1. The Morgan fingerprint density at radius 2 is 2.04 bits per heavy atom. The highest BCUT2D eigenvalue weighted by molar-refractivity contribution is 5.75. The fourth-order valence-corrected chi connectivity index (χ4v) is 1.98. The van der Waals surface area contributed by atoms with Crippen LogP contribution in [0.5, 0.6) is 0 Å². The lowest BCUT2D eigenvalue weighted by Crippen LogP contribution is -1.95. The Hall–Kier alpha value is -3.10. The van der Waals surface area contributed by atoms with Crippen molar-refractivity contribution in [3.05, 3.63) is 83.4 Å². The van der Waals surface area contributed by atoms with Crippen LogP contribution in [0.25, 0.3) is 0 Å². The molecule has 0 saturated carbocycles. The average Bonchev–Trinajstić information content (AvgIpc) is 2.63. The van der Waals surface area contributed by atoms with Gasteiger partial charge in [-0.15, -0.1) is 0 Å². The number of hydrogen-bond donors (Lipinski definition) is 1. The molecule has 0 atom stereocenters. The lowest BCUT2D eigenvalue weighted by atomic mass is 10.0. The third-order valence-electron chi connectivity index (χ3n) is 3.31. The highest BCUT2D eigenvalue weighted by atomic mass is 19.1. The van der Waals surface area contributed by atoms with Crippen LogP contribution in [0, 0.1) is 17.1 Å². The fourth-order valence-electron chi connectivity index (χ4n) is 1.98. The Morgan fingerprint density at radius 1 is 1.36 bits per heavy atom. The van der Waals surface area contributed by atoms with Gasteiger partial charge in [0, 0.05) is 17.4 Å². The Morgan fingerprint density at radius 3 is 2.56 bits per heavy atom. The van der Waals surface area contributed by atoms with Gasteiger partial charge >= 0.3 is 0 Å². The van der Waals surface area contributed by atoms with Crippen LogP contribution in [-0.2, 0) is 11.2 Å². The van der Waals surface area contributed by atoms with Gasteiger partial charge in [0.2, 0.25) is 0 Å². The van der Waals surface area contributed by atoms with Crippen molar-refractivity contribution in [2.24, 2.45) is 4.99 Å². The Bertz CT molecular complexity index is 766. The minimum absolute atomic E-state index is 0.0731. The van der Waals surface area contributed by atoms with E-state index in [-0.39, 0.29) is 17.0 Å². The molecule has 25 heavy (non-hydrogen) atoms. The summed E-state index contributed by atoms with van der Waals surface area (Å²) in [4.78, 5) is 15.0. The van der Waals surface area contributed by atoms with Gasteiger partial charge in [-0.25, -0.2) is 4.39 Å². The van der Waals surface area contributed by atoms with E-state index in [0.717, 1.165) is 5.56 Å². The van der Waals surface area contributed by atoms with E-state index in [9.17, 15) is 14.4 Å². The van der Waals surface area contributed by atoms with Crippen LogP contribution in [0.15, 0.2) is 77.0 Å². The van der Waals surface area contributed by atoms with Crippen molar-refractivity contribution >= 4 is 12.5 Å². The molecule has 0 spiro atoms. The number of carbonyl (C=O) groups is 1. The summed E-state index contributed by atoms with van der Waals surface area (Å²) in [5.74, 6) is -0.277. The number of aliphatic imine (C=N–C) groups is 1. The van der Waals surface area contributed by atoms with Crippen molar-refractivity contribution in [3.63, 3.8) is 0 Å². The molecule has 4 nitrogen and oxygen atoms in total. The first-order chi connectivity index (χ1) is 12.0. The summed E-state index contributed by atoms with van der Waals surface area (Å²) in [6.45, 7) is 6.97. The number of rotatable bonds is 9. The molecule has 1 N–H and O–H groups in total. The molecule has 0 heterocycles. The van der Waals surface area contributed by atoms with E-state index in [2.05, 4.69) is 18.2 Å². The van der Waals surface area contributed by atoms with E-state index in [1.807, 2.05) is 6.07 Å². The number of allylic oxidation sites excluding steroid dienone is 3. The number of aryl methyl sites for hydroxylation is 1. The maximum Gasteiger partial charge on any atom is 0.148 e.